The summed E-state index contributed by atoms with van der Waals surface area (Å²) in [7, 11) is 1.79. The molecule has 1 aromatic heterocycles. The number of nitrogens with one attached hydrogen (secondary N) is 1. The maximum atomic E-state index is 13.7. The zero-order chi connectivity index (χ0) is 18.7. The molecule has 0 saturated heterocycles. The van der Waals surface area contributed by atoms with Crippen LogP contribution >= 0.6 is 0 Å². The Morgan fingerprint density at radius 1 is 1.15 bits per heavy atom. The third-order valence-corrected chi connectivity index (χ3v) is 4.01. The normalized spacial score (nSPS) is 11.8. The summed E-state index contributed by atoms with van der Waals surface area (Å²) in [5.41, 5.74) is 6.44. The van der Waals surface area contributed by atoms with Crippen molar-refractivity contribution < 1.29 is 14.0 Å². The minimum Gasteiger partial charge on any atom is -0.366 e. The molecule has 0 aliphatic carbocycles. The van der Waals surface area contributed by atoms with Crippen molar-refractivity contribution in [2.24, 2.45) is 12.8 Å². The molecule has 0 saturated carbocycles. The SMILES string of the molecule is Cn1ccnc1[C@@H](NC(=O)c1ccc(C(N)=O)cc1)c1cccc(F)c1. The zero-order valence-electron chi connectivity index (χ0n) is 14.0. The number of hydrogen-bond donors (Lipinski definition) is 2. The fraction of sp³-hybridized carbons (Fsp3) is 0.105. The molecule has 0 spiro atoms. The summed E-state index contributed by atoms with van der Waals surface area (Å²) < 4.78 is 15.4. The highest BCUT2D eigenvalue weighted by Gasteiger charge is 2.22. The predicted octanol–water partition coefficient (Wildman–Crippen LogP) is 2.18. The summed E-state index contributed by atoms with van der Waals surface area (Å²) in [5.74, 6) is -0.777. The first-order valence-corrected chi connectivity index (χ1v) is 7.89. The first-order valence-electron chi connectivity index (χ1n) is 7.89. The smallest absolute Gasteiger partial charge is 0.252 e. The summed E-state index contributed by atoms with van der Waals surface area (Å²) in [4.78, 5) is 28.1. The van der Waals surface area contributed by atoms with Crippen LogP contribution in [0.1, 0.15) is 38.1 Å². The minimum atomic E-state index is -0.631. The standard InChI is InChI=1S/C19H17FN4O2/c1-24-10-9-22-18(24)16(14-3-2-4-15(20)11-14)23-19(26)13-7-5-12(6-8-13)17(21)25/h2-11,16H,1H3,(H2,21,25)(H,23,26)/t16-/m0/s1. The summed E-state index contributed by atoms with van der Waals surface area (Å²) in [6, 6.07) is 11.3. The van der Waals surface area contributed by atoms with E-state index in [1.54, 1.807) is 36.1 Å². The average Bonchev–Trinajstić information content (AvgIpc) is 3.05. The van der Waals surface area contributed by atoms with Crippen molar-refractivity contribution in [3.63, 3.8) is 0 Å². The number of benzene rings is 2. The van der Waals surface area contributed by atoms with Gasteiger partial charge in [-0.25, -0.2) is 9.37 Å². The molecule has 132 valence electrons. The second kappa shape index (κ2) is 7.18. The van der Waals surface area contributed by atoms with Gasteiger partial charge in [-0.15, -0.1) is 0 Å². The molecule has 26 heavy (non-hydrogen) atoms. The van der Waals surface area contributed by atoms with Gasteiger partial charge in [-0.2, -0.15) is 0 Å². The van der Waals surface area contributed by atoms with Crippen molar-refractivity contribution in [3.8, 4) is 0 Å². The summed E-state index contributed by atoms with van der Waals surface area (Å²) in [6.07, 6.45) is 3.35. The number of imidazole rings is 1. The number of nitrogens with two attached hydrogens (primary N) is 1. The van der Waals surface area contributed by atoms with Gasteiger partial charge >= 0.3 is 0 Å². The quantitative estimate of drug-likeness (QED) is 0.737. The Kier molecular flexibility index (Phi) is 4.79. The van der Waals surface area contributed by atoms with E-state index >= 15 is 0 Å². The molecule has 3 N–H and O–H groups in total. The topological polar surface area (TPSA) is 90.0 Å². The Bertz CT molecular complexity index is 950. The highest BCUT2D eigenvalue weighted by Crippen LogP contribution is 2.22. The summed E-state index contributed by atoms with van der Waals surface area (Å²) in [5, 5.41) is 2.86. The van der Waals surface area contributed by atoms with Crippen molar-refractivity contribution >= 4 is 11.8 Å². The number of carbonyl (C=O) groups is 2. The van der Waals surface area contributed by atoms with E-state index in [0.717, 1.165) is 0 Å². The minimum absolute atomic E-state index is 0.312. The molecular formula is C19H17FN4O2. The van der Waals surface area contributed by atoms with E-state index in [1.165, 1.54) is 36.4 Å². The van der Waals surface area contributed by atoms with Gasteiger partial charge in [-0.3, -0.25) is 9.59 Å². The Morgan fingerprint density at radius 2 is 1.85 bits per heavy atom. The number of aryl methyl sites for hydroxylation is 1. The van der Waals surface area contributed by atoms with Crippen molar-refractivity contribution in [3.05, 3.63) is 89.3 Å². The number of hydrogen-bond acceptors (Lipinski definition) is 3. The van der Waals surface area contributed by atoms with E-state index in [1.807, 2.05) is 0 Å². The van der Waals surface area contributed by atoms with Crippen LogP contribution < -0.4 is 11.1 Å². The maximum absolute atomic E-state index is 13.7. The number of nitrogens with zero attached hydrogens (tertiary/aromatic N) is 2. The van der Waals surface area contributed by atoms with Crippen LogP contribution in [-0.2, 0) is 7.05 Å². The highest BCUT2D eigenvalue weighted by molar-refractivity contribution is 5.97. The molecule has 3 aromatic rings. The lowest BCUT2D eigenvalue weighted by Gasteiger charge is -2.19. The molecule has 0 bridgehead atoms. The van der Waals surface area contributed by atoms with E-state index in [0.29, 0.717) is 22.5 Å². The van der Waals surface area contributed by atoms with Gasteiger partial charge in [0.1, 0.15) is 17.7 Å². The molecule has 1 atom stereocenters. The van der Waals surface area contributed by atoms with Gasteiger partial charge in [-0.1, -0.05) is 12.1 Å². The van der Waals surface area contributed by atoms with Crippen LogP contribution in [0.3, 0.4) is 0 Å². The summed E-state index contributed by atoms with van der Waals surface area (Å²) >= 11 is 0. The average molecular weight is 352 g/mol. The van der Waals surface area contributed by atoms with E-state index in [-0.39, 0.29) is 5.91 Å². The van der Waals surface area contributed by atoms with Crippen LogP contribution in [0.2, 0.25) is 0 Å². The molecule has 3 rings (SSSR count). The largest absolute Gasteiger partial charge is 0.366 e. The Labute approximate surface area is 149 Å². The van der Waals surface area contributed by atoms with E-state index < -0.39 is 17.8 Å². The lowest BCUT2D eigenvalue weighted by Crippen LogP contribution is -2.31. The fourth-order valence-corrected chi connectivity index (χ4v) is 2.64. The van der Waals surface area contributed by atoms with Crippen molar-refractivity contribution in [2.75, 3.05) is 0 Å². The van der Waals surface area contributed by atoms with E-state index in [9.17, 15) is 14.0 Å². The number of aromatic nitrogens is 2. The molecule has 0 aliphatic heterocycles. The molecule has 0 radical (unpaired) electrons. The van der Waals surface area contributed by atoms with Gasteiger partial charge in [0.15, 0.2) is 0 Å². The fourth-order valence-electron chi connectivity index (χ4n) is 2.64. The predicted molar refractivity (Wildman–Crippen MR) is 93.9 cm³/mol. The highest BCUT2D eigenvalue weighted by atomic mass is 19.1. The lowest BCUT2D eigenvalue weighted by molar-refractivity contribution is 0.0938. The number of rotatable bonds is 5. The maximum Gasteiger partial charge on any atom is 0.252 e. The second-order valence-corrected chi connectivity index (χ2v) is 5.80. The van der Waals surface area contributed by atoms with E-state index in [4.69, 9.17) is 5.73 Å². The number of carbonyl (C=O) groups excluding carboxylic acids is 2. The van der Waals surface area contributed by atoms with Crippen LogP contribution in [-0.4, -0.2) is 21.4 Å². The van der Waals surface area contributed by atoms with Crippen molar-refractivity contribution in [1.29, 1.82) is 0 Å². The van der Waals surface area contributed by atoms with Crippen LogP contribution in [0, 0.1) is 5.82 Å². The molecule has 0 unspecified atom stereocenters. The zero-order valence-corrected chi connectivity index (χ0v) is 14.0. The first kappa shape index (κ1) is 17.3. The van der Waals surface area contributed by atoms with Crippen molar-refractivity contribution in [2.45, 2.75) is 6.04 Å². The number of primary amides is 1. The van der Waals surface area contributed by atoms with Gasteiger partial charge in [-0.05, 0) is 42.0 Å². The number of amides is 2. The summed E-state index contributed by atoms with van der Waals surface area (Å²) in [6.45, 7) is 0. The van der Waals surface area contributed by atoms with Crippen molar-refractivity contribution in [1.82, 2.24) is 14.9 Å². The molecule has 2 amide bonds. The van der Waals surface area contributed by atoms with Crippen LogP contribution in [0.25, 0.3) is 0 Å². The molecule has 1 heterocycles. The van der Waals surface area contributed by atoms with Gasteiger partial charge in [0.05, 0.1) is 0 Å². The first-order chi connectivity index (χ1) is 12.5. The van der Waals surface area contributed by atoms with Gasteiger partial charge in [0.2, 0.25) is 5.91 Å². The van der Waals surface area contributed by atoms with Crippen LogP contribution in [0.4, 0.5) is 4.39 Å². The van der Waals surface area contributed by atoms with Gasteiger partial charge in [0.25, 0.3) is 5.91 Å². The Morgan fingerprint density at radius 3 is 2.42 bits per heavy atom. The van der Waals surface area contributed by atoms with E-state index in [2.05, 4.69) is 10.3 Å². The Hall–Kier alpha value is -3.48. The van der Waals surface area contributed by atoms with Gasteiger partial charge in [0, 0.05) is 30.6 Å². The molecule has 2 aromatic carbocycles. The number of halogens is 1. The molecule has 0 aliphatic rings. The molecular weight excluding hydrogens is 335 g/mol. The third kappa shape index (κ3) is 3.61. The van der Waals surface area contributed by atoms with Crippen LogP contribution in [0.5, 0.6) is 0 Å². The Balaban J connectivity index is 1.92. The second-order valence-electron chi connectivity index (χ2n) is 5.80. The monoisotopic (exact) mass is 352 g/mol. The molecule has 7 heteroatoms. The molecule has 6 nitrogen and oxygen atoms in total. The molecule has 0 fully saturated rings. The van der Waals surface area contributed by atoms with Gasteiger partial charge < -0.3 is 15.6 Å². The van der Waals surface area contributed by atoms with Crippen LogP contribution in [0.15, 0.2) is 60.9 Å². The third-order valence-electron chi connectivity index (χ3n) is 4.01. The lowest BCUT2D eigenvalue weighted by atomic mass is 10.0.